The first-order chi connectivity index (χ1) is 24.6. The van der Waals surface area contributed by atoms with E-state index in [0.717, 1.165) is 5.01 Å². The molecule has 0 saturated carbocycles. The number of hydrogen-bond acceptors (Lipinski definition) is 9. The lowest BCUT2D eigenvalue weighted by atomic mass is 9.86. The van der Waals surface area contributed by atoms with Crippen molar-refractivity contribution in [2.75, 3.05) is 24.5 Å². The molecule has 4 aromatic carbocycles. The number of aliphatic imine (C=N–C) groups is 1. The van der Waals surface area contributed by atoms with E-state index in [1.54, 1.807) is 49.4 Å². The summed E-state index contributed by atoms with van der Waals surface area (Å²) in [6.45, 7) is 7.48. The van der Waals surface area contributed by atoms with Crippen molar-refractivity contribution in [1.82, 2.24) is 5.43 Å². The Morgan fingerprint density at radius 1 is 0.923 bits per heavy atom. The van der Waals surface area contributed by atoms with E-state index < -0.39 is 24.0 Å². The van der Waals surface area contributed by atoms with Crippen LogP contribution in [0.2, 0.25) is 20.1 Å². The number of benzene rings is 4. The van der Waals surface area contributed by atoms with Crippen molar-refractivity contribution in [2.24, 2.45) is 15.2 Å². The largest absolute Gasteiger partial charge is 0.508 e. The predicted molar refractivity (Wildman–Crippen MR) is 204 cm³/mol. The summed E-state index contributed by atoms with van der Waals surface area (Å²) >= 11 is 25.6. The molecule has 2 unspecified atom stereocenters. The number of methoxy groups -OCH3 is 2. The molecule has 0 aromatic heterocycles. The molecule has 0 radical (unpaired) electrons. The van der Waals surface area contributed by atoms with Crippen LogP contribution in [-0.4, -0.2) is 49.1 Å². The third kappa shape index (κ3) is 8.64. The monoisotopic (exact) mass is 786 g/mol. The van der Waals surface area contributed by atoms with E-state index in [-0.39, 0.29) is 48.5 Å². The highest BCUT2D eigenvalue weighted by Gasteiger charge is 2.41. The van der Waals surface area contributed by atoms with Crippen LogP contribution in [0.5, 0.6) is 23.0 Å². The number of nitrogens with zero attached hydrogens (tertiary/aromatic N) is 4. The Morgan fingerprint density at radius 2 is 1.62 bits per heavy atom. The molecule has 272 valence electrons. The van der Waals surface area contributed by atoms with Gasteiger partial charge in [-0.3, -0.25) is 15.0 Å². The molecule has 5 rings (SSSR count). The fourth-order valence-corrected chi connectivity index (χ4v) is 6.23. The van der Waals surface area contributed by atoms with Crippen LogP contribution in [0.4, 0.5) is 22.7 Å². The Morgan fingerprint density at radius 3 is 2.27 bits per heavy atom. The van der Waals surface area contributed by atoms with Crippen LogP contribution in [0.25, 0.3) is 0 Å². The van der Waals surface area contributed by atoms with Gasteiger partial charge in [0, 0.05) is 22.3 Å². The smallest absolute Gasteiger partial charge is 0.280 e. The molecule has 1 aliphatic rings. The summed E-state index contributed by atoms with van der Waals surface area (Å²) in [7, 11) is 2.99. The number of halogens is 4. The zero-order chi connectivity index (χ0) is 37.9. The van der Waals surface area contributed by atoms with Crippen molar-refractivity contribution in [3.05, 3.63) is 92.4 Å². The molecule has 3 N–H and O–H groups in total. The number of rotatable bonds is 10. The predicted octanol–water partition coefficient (Wildman–Crippen LogP) is 9.46. The number of hydrazine groups is 1. The molecule has 2 amide bonds. The molecule has 4 aromatic rings. The minimum absolute atomic E-state index is 0.0281. The van der Waals surface area contributed by atoms with Crippen molar-refractivity contribution in [3.63, 3.8) is 0 Å². The van der Waals surface area contributed by atoms with Crippen LogP contribution in [0.3, 0.4) is 0 Å². The van der Waals surface area contributed by atoms with Crippen molar-refractivity contribution in [3.8, 4) is 23.0 Å². The van der Waals surface area contributed by atoms with Gasteiger partial charge in [0.2, 0.25) is 6.04 Å². The molecular formula is C36H34Cl4N6O6. The highest BCUT2D eigenvalue weighted by atomic mass is 35.5. The number of ether oxygens (including phenoxy) is 3. The van der Waals surface area contributed by atoms with Crippen LogP contribution >= 0.6 is 46.4 Å². The van der Waals surface area contributed by atoms with Crippen LogP contribution in [0.1, 0.15) is 33.3 Å². The normalized spacial score (nSPS) is 15.9. The third-order valence-electron chi connectivity index (χ3n) is 7.71. The van der Waals surface area contributed by atoms with Gasteiger partial charge in [-0.15, -0.1) is 0 Å². The summed E-state index contributed by atoms with van der Waals surface area (Å²) in [5.41, 5.74) is 4.29. The minimum Gasteiger partial charge on any atom is -0.508 e. The molecule has 1 fully saturated rings. The Labute approximate surface area is 320 Å². The number of aromatic hydroxyl groups is 1. The first-order valence-electron chi connectivity index (χ1n) is 15.7. The molecule has 1 saturated heterocycles. The molecule has 0 spiro atoms. The van der Waals surface area contributed by atoms with Crippen LogP contribution in [0.15, 0.2) is 82.0 Å². The molecule has 2 atom stereocenters. The van der Waals surface area contributed by atoms with Crippen molar-refractivity contribution >= 4 is 86.8 Å². The van der Waals surface area contributed by atoms with E-state index in [2.05, 4.69) is 26.0 Å². The number of amides is 2. The van der Waals surface area contributed by atoms with Crippen LogP contribution in [0, 0.1) is 0 Å². The Bertz CT molecular complexity index is 2060. The molecule has 0 aliphatic carbocycles. The number of anilines is 2. The fraction of sp³-hybridized carbons (Fsp3) is 0.250. The van der Waals surface area contributed by atoms with E-state index in [4.69, 9.17) is 60.6 Å². The summed E-state index contributed by atoms with van der Waals surface area (Å²) in [5.74, 6) is 0.415. The van der Waals surface area contributed by atoms with Gasteiger partial charge in [0.05, 0.1) is 40.7 Å². The van der Waals surface area contributed by atoms with Gasteiger partial charge in [-0.2, -0.15) is 10.2 Å². The second-order valence-electron chi connectivity index (χ2n) is 12.5. The first-order valence-corrected chi connectivity index (χ1v) is 17.2. The van der Waals surface area contributed by atoms with Gasteiger partial charge in [-0.25, -0.2) is 10.0 Å². The highest BCUT2D eigenvalue weighted by Crippen LogP contribution is 2.39. The second kappa shape index (κ2) is 15.9. The number of phenols is 1. The maximum absolute atomic E-state index is 13.9. The third-order valence-corrected chi connectivity index (χ3v) is 8.83. The topological polar surface area (TPSA) is 146 Å². The van der Waals surface area contributed by atoms with E-state index >= 15 is 0 Å². The van der Waals surface area contributed by atoms with Gasteiger partial charge < -0.3 is 24.6 Å². The second-order valence-corrected chi connectivity index (χ2v) is 14.2. The molecule has 12 nitrogen and oxygen atoms in total. The van der Waals surface area contributed by atoms with E-state index in [0.29, 0.717) is 34.2 Å². The van der Waals surface area contributed by atoms with Gasteiger partial charge in [0.15, 0.2) is 23.4 Å². The molecule has 1 heterocycles. The number of carbonyl (C=O) groups excluding carboxylic acids is 2. The maximum Gasteiger partial charge on any atom is 0.280 e. The van der Waals surface area contributed by atoms with E-state index in [1.165, 1.54) is 38.5 Å². The molecule has 1 aliphatic heterocycles. The number of carbonyl (C=O) groups is 2. The van der Waals surface area contributed by atoms with Gasteiger partial charge in [-0.05, 0) is 73.0 Å². The van der Waals surface area contributed by atoms with Crippen molar-refractivity contribution < 1.29 is 28.9 Å². The standard InChI is InChI=1S/C36H34Cl4N6O6/c1-18(52-22-9-11-28(47)23(17-22)36(2,3)4)34(48)41-20-7-10-24(38)27(15-20)42-33-31(44-43-21-8-12-29(50-5)30(16-21)51-6)35(49)46(45-33)32-25(39)13-19(37)14-26(32)40/h7-18,31,47H,1-6H3,(H,41,48)(H,42,45). The van der Waals surface area contributed by atoms with Gasteiger partial charge in [0.1, 0.15) is 17.2 Å². The summed E-state index contributed by atoms with van der Waals surface area (Å²) < 4.78 is 16.6. The van der Waals surface area contributed by atoms with Crippen molar-refractivity contribution in [1.29, 1.82) is 0 Å². The average molecular weight is 789 g/mol. The van der Waals surface area contributed by atoms with Gasteiger partial charge >= 0.3 is 0 Å². The first kappa shape index (κ1) is 38.5. The lowest BCUT2D eigenvalue weighted by Crippen LogP contribution is -2.36. The number of azo groups is 1. The summed E-state index contributed by atoms with van der Waals surface area (Å²) in [4.78, 5) is 31.7. The Hall–Kier alpha value is -4.75. The molecule has 16 heteroatoms. The Kier molecular flexibility index (Phi) is 11.7. The van der Waals surface area contributed by atoms with E-state index in [1.807, 2.05) is 20.8 Å². The summed E-state index contributed by atoms with van der Waals surface area (Å²) in [6.07, 6.45) is -0.916. The number of amidine groups is 1. The van der Waals surface area contributed by atoms with Crippen LogP contribution in [-0.2, 0) is 15.0 Å². The minimum atomic E-state index is -1.30. The maximum atomic E-state index is 13.9. The zero-order valence-corrected chi connectivity index (χ0v) is 31.8. The Balaban J connectivity index is 1.45. The molecular weight excluding hydrogens is 754 g/mol. The van der Waals surface area contributed by atoms with Crippen LogP contribution < -0.4 is 30.0 Å². The summed E-state index contributed by atoms with van der Waals surface area (Å²) in [6, 6.07) is 15.9. The van der Waals surface area contributed by atoms with Gasteiger partial charge in [0.25, 0.3) is 11.8 Å². The lowest BCUT2D eigenvalue weighted by molar-refractivity contribution is -0.122. The zero-order valence-electron chi connectivity index (χ0n) is 28.8. The molecule has 0 bridgehead atoms. The summed E-state index contributed by atoms with van der Waals surface area (Å²) in [5, 5.41) is 23.5. The fourth-order valence-electron chi connectivity index (χ4n) is 5.08. The number of phenolic OH excluding ortho intramolecular Hbond substituents is 1. The van der Waals surface area contributed by atoms with Crippen molar-refractivity contribution in [2.45, 2.75) is 45.3 Å². The van der Waals surface area contributed by atoms with Gasteiger partial charge in [-0.1, -0.05) is 67.2 Å². The quantitative estimate of drug-likeness (QED) is 0.136. The van der Waals surface area contributed by atoms with E-state index in [9.17, 15) is 14.7 Å². The lowest BCUT2D eigenvalue weighted by Gasteiger charge is -2.22. The SMILES string of the molecule is COc1ccc(N=NC2C(=O)N(c3c(Cl)cc(Cl)cc3Cl)NC2=Nc2cc(NC(=O)C(C)Oc3ccc(O)c(C(C)(C)C)c3)ccc2Cl)cc1OC. The highest BCUT2D eigenvalue weighted by molar-refractivity contribution is 6.43. The number of hydrogen-bond donors (Lipinski definition) is 3. The number of nitrogens with one attached hydrogen (secondary N) is 2. The average Bonchev–Trinajstić information content (AvgIpc) is 3.38. The molecule has 52 heavy (non-hydrogen) atoms.